The average Bonchev–Trinajstić information content (AvgIpc) is 2.34. The molecule has 0 amide bonds. The first-order valence-corrected chi connectivity index (χ1v) is 6.36. The second kappa shape index (κ2) is 9.82. The molecule has 16 heavy (non-hydrogen) atoms. The number of ether oxygens (including phenoxy) is 2. The molecule has 0 unspecified atom stereocenters. The van der Waals surface area contributed by atoms with Gasteiger partial charge >= 0.3 is 0 Å². The molecule has 1 aliphatic heterocycles. The third kappa shape index (κ3) is 6.99. The molecule has 0 aromatic carbocycles. The van der Waals surface area contributed by atoms with E-state index >= 15 is 0 Å². The fourth-order valence-corrected chi connectivity index (χ4v) is 1.87. The third-order valence-corrected chi connectivity index (χ3v) is 2.95. The molecule has 0 radical (unpaired) electrons. The van der Waals surface area contributed by atoms with E-state index in [4.69, 9.17) is 9.47 Å². The van der Waals surface area contributed by atoms with Gasteiger partial charge in [-0.2, -0.15) is 0 Å². The smallest absolute Gasteiger partial charge is 0.0587 e. The molecule has 1 rings (SSSR count). The van der Waals surface area contributed by atoms with Gasteiger partial charge < -0.3 is 14.8 Å². The van der Waals surface area contributed by atoms with Crippen LogP contribution in [0.25, 0.3) is 0 Å². The highest BCUT2D eigenvalue weighted by Gasteiger charge is 2.11. The molecule has 0 bridgehead atoms. The SMILES string of the molecule is COCCNCCC=CCC1CCOCC1. The van der Waals surface area contributed by atoms with E-state index in [2.05, 4.69) is 17.5 Å². The van der Waals surface area contributed by atoms with Crippen LogP contribution in [0.1, 0.15) is 25.7 Å². The quantitative estimate of drug-likeness (QED) is 0.508. The Bertz CT molecular complexity index is 177. The van der Waals surface area contributed by atoms with Gasteiger partial charge in [-0.05, 0) is 38.1 Å². The first kappa shape index (κ1) is 13.7. The minimum atomic E-state index is 0.797. The van der Waals surface area contributed by atoms with Gasteiger partial charge in [0.2, 0.25) is 0 Å². The molecule has 1 heterocycles. The molecule has 0 aliphatic carbocycles. The second-order valence-corrected chi connectivity index (χ2v) is 4.29. The van der Waals surface area contributed by atoms with Gasteiger partial charge in [-0.1, -0.05) is 12.2 Å². The predicted octanol–water partition coefficient (Wildman–Crippen LogP) is 1.99. The Morgan fingerprint density at radius 3 is 2.81 bits per heavy atom. The summed E-state index contributed by atoms with van der Waals surface area (Å²) < 4.78 is 10.3. The summed E-state index contributed by atoms with van der Waals surface area (Å²) in [6.07, 6.45) is 9.42. The summed E-state index contributed by atoms with van der Waals surface area (Å²) in [4.78, 5) is 0. The Morgan fingerprint density at radius 2 is 2.06 bits per heavy atom. The molecule has 0 aromatic rings. The van der Waals surface area contributed by atoms with Gasteiger partial charge in [0.05, 0.1) is 6.61 Å². The van der Waals surface area contributed by atoms with Crippen molar-refractivity contribution in [2.75, 3.05) is 40.0 Å². The highest BCUT2D eigenvalue weighted by Crippen LogP contribution is 2.18. The summed E-state index contributed by atoms with van der Waals surface area (Å²) in [5, 5.41) is 3.33. The van der Waals surface area contributed by atoms with E-state index in [1.54, 1.807) is 7.11 Å². The Hall–Kier alpha value is -0.380. The van der Waals surface area contributed by atoms with Crippen molar-refractivity contribution in [3.05, 3.63) is 12.2 Å². The minimum Gasteiger partial charge on any atom is -0.383 e. The van der Waals surface area contributed by atoms with Gasteiger partial charge in [-0.25, -0.2) is 0 Å². The first-order chi connectivity index (χ1) is 7.93. The lowest BCUT2D eigenvalue weighted by Gasteiger charge is -2.20. The van der Waals surface area contributed by atoms with Crippen molar-refractivity contribution in [2.24, 2.45) is 5.92 Å². The standard InChI is InChI=1S/C13H25NO2/c1-15-12-9-14-8-4-2-3-5-13-6-10-16-11-7-13/h2-3,13-14H,4-12H2,1H3. The molecule has 0 aromatic heterocycles. The first-order valence-electron chi connectivity index (χ1n) is 6.36. The molecule has 0 saturated carbocycles. The monoisotopic (exact) mass is 227 g/mol. The average molecular weight is 227 g/mol. The number of rotatable bonds is 8. The molecule has 3 heteroatoms. The van der Waals surface area contributed by atoms with Crippen LogP contribution in [0.15, 0.2) is 12.2 Å². The lowest BCUT2D eigenvalue weighted by atomic mass is 9.96. The van der Waals surface area contributed by atoms with Crippen LogP contribution >= 0.6 is 0 Å². The van der Waals surface area contributed by atoms with Crippen LogP contribution < -0.4 is 5.32 Å². The molecule has 0 atom stereocenters. The number of methoxy groups -OCH3 is 1. The van der Waals surface area contributed by atoms with Crippen molar-refractivity contribution >= 4 is 0 Å². The van der Waals surface area contributed by atoms with E-state index in [0.717, 1.165) is 45.2 Å². The molecular weight excluding hydrogens is 202 g/mol. The Morgan fingerprint density at radius 1 is 1.25 bits per heavy atom. The van der Waals surface area contributed by atoms with Crippen molar-refractivity contribution in [2.45, 2.75) is 25.7 Å². The zero-order valence-corrected chi connectivity index (χ0v) is 10.4. The topological polar surface area (TPSA) is 30.5 Å². The van der Waals surface area contributed by atoms with Gasteiger partial charge in [0.1, 0.15) is 0 Å². The highest BCUT2D eigenvalue weighted by atomic mass is 16.5. The van der Waals surface area contributed by atoms with Gasteiger partial charge in [0.25, 0.3) is 0 Å². The van der Waals surface area contributed by atoms with Crippen molar-refractivity contribution in [1.82, 2.24) is 5.32 Å². The van der Waals surface area contributed by atoms with Crippen LogP contribution in [0.4, 0.5) is 0 Å². The molecule has 1 fully saturated rings. The van der Waals surface area contributed by atoms with E-state index in [1.807, 2.05) is 0 Å². The molecule has 1 N–H and O–H groups in total. The van der Waals surface area contributed by atoms with Crippen molar-refractivity contribution in [1.29, 1.82) is 0 Å². The summed E-state index contributed by atoms with van der Waals surface area (Å²) in [6, 6.07) is 0. The molecule has 1 saturated heterocycles. The van der Waals surface area contributed by atoms with Crippen LogP contribution in [-0.2, 0) is 9.47 Å². The zero-order chi connectivity index (χ0) is 11.5. The molecule has 3 nitrogen and oxygen atoms in total. The summed E-state index contributed by atoms with van der Waals surface area (Å²) >= 11 is 0. The van der Waals surface area contributed by atoms with E-state index in [-0.39, 0.29) is 0 Å². The highest BCUT2D eigenvalue weighted by molar-refractivity contribution is 4.85. The Kier molecular flexibility index (Phi) is 8.40. The van der Waals surface area contributed by atoms with E-state index < -0.39 is 0 Å². The molecule has 94 valence electrons. The van der Waals surface area contributed by atoms with Crippen molar-refractivity contribution < 1.29 is 9.47 Å². The largest absolute Gasteiger partial charge is 0.383 e. The lowest BCUT2D eigenvalue weighted by Crippen LogP contribution is -2.19. The van der Waals surface area contributed by atoms with Gasteiger partial charge in [0, 0.05) is 26.9 Å². The van der Waals surface area contributed by atoms with E-state index in [1.165, 1.54) is 19.3 Å². The maximum Gasteiger partial charge on any atom is 0.0587 e. The van der Waals surface area contributed by atoms with Crippen LogP contribution in [-0.4, -0.2) is 40.0 Å². The number of hydrogen-bond acceptors (Lipinski definition) is 3. The number of allylic oxidation sites excluding steroid dienone is 1. The summed E-state index contributed by atoms with van der Waals surface area (Å²) in [5.74, 6) is 0.853. The van der Waals surface area contributed by atoms with Gasteiger partial charge in [-0.15, -0.1) is 0 Å². The van der Waals surface area contributed by atoms with Gasteiger partial charge in [0.15, 0.2) is 0 Å². The summed E-state index contributed by atoms with van der Waals surface area (Å²) in [7, 11) is 1.73. The maximum absolute atomic E-state index is 5.34. The van der Waals surface area contributed by atoms with Crippen molar-refractivity contribution in [3.63, 3.8) is 0 Å². The van der Waals surface area contributed by atoms with Crippen LogP contribution in [0.5, 0.6) is 0 Å². The number of nitrogens with one attached hydrogen (secondary N) is 1. The second-order valence-electron chi connectivity index (χ2n) is 4.29. The van der Waals surface area contributed by atoms with Gasteiger partial charge in [-0.3, -0.25) is 0 Å². The minimum absolute atomic E-state index is 0.797. The van der Waals surface area contributed by atoms with E-state index in [9.17, 15) is 0 Å². The lowest BCUT2D eigenvalue weighted by molar-refractivity contribution is 0.0672. The summed E-state index contributed by atoms with van der Waals surface area (Å²) in [6.45, 7) is 4.71. The fraction of sp³-hybridized carbons (Fsp3) is 0.846. The maximum atomic E-state index is 5.34. The molecular formula is C13H25NO2. The summed E-state index contributed by atoms with van der Waals surface area (Å²) in [5.41, 5.74) is 0. The van der Waals surface area contributed by atoms with Crippen molar-refractivity contribution in [3.8, 4) is 0 Å². The van der Waals surface area contributed by atoms with Crippen LogP contribution in [0, 0.1) is 5.92 Å². The zero-order valence-electron chi connectivity index (χ0n) is 10.4. The van der Waals surface area contributed by atoms with E-state index in [0.29, 0.717) is 0 Å². The Labute approximate surface area is 99.2 Å². The molecule has 0 spiro atoms. The fourth-order valence-electron chi connectivity index (χ4n) is 1.87. The number of hydrogen-bond donors (Lipinski definition) is 1. The van der Waals surface area contributed by atoms with Crippen LogP contribution in [0.3, 0.4) is 0 Å². The normalized spacial score (nSPS) is 18.3. The Balaban J connectivity index is 1.87. The third-order valence-electron chi connectivity index (χ3n) is 2.95. The molecule has 1 aliphatic rings. The van der Waals surface area contributed by atoms with Crippen LogP contribution in [0.2, 0.25) is 0 Å². The predicted molar refractivity (Wildman–Crippen MR) is 66.7 cm³/mol.